The fraction of sp³-hybridized carbons (Fsp3) is 0.231. The van der Waals surface area contributed by atoms with Gasteiger partial charge in [0.2, 0.25) is 0 Å². The minimum Gasteiger partial charge on any atom is -0.497 e. The molecule has 0 amide bonds. The number of alkyl halides is 1. The van der Waals surface area contributed by atoms with Gasteiger partial charge in [0.15, 0.2) is 0 Å². The van der Waals surface area contributed by atoms with Crippen molar-refractivity contribution < 1.29 is 4.74 Å². The topological polar surface area (TPSA) is 9.23 Å². The van der Waals surface area contributed by atoms with Crippen molar-refractivity contribution in [2.75, 3.05) is 7.11 Å². The minimum atomic E-state index is 0.293. The number of rotatable bonds is 4. The highest BCUT2D eigenvalue weighted by molar-refractivity contribution is 9.11. The average molecular weight is 376 g/mol. The lowest BCUT2D eigenvalue weighted by Crippen LogP contribution is -1.96. The van der Waals surface area contributed by atoms with Crippen molar-refractivity contribution in [2.45, 2.75) is 11.2 Å². The first-order valence-electron chi connectivity index (χ1n) is 5.19. The van der Waals surface area contributed by atoms with Crippen LogP contribution in [0, 0.1) is 0 Å². The van der Waals surface area contributed by atoms with Crippen molar-refractivity contribution in [1.82, 2.24) is 0 Å². The molecule has 0 N–H and O–H groups in total. The lowest BCUT2D eigenvalue weighted by atomic mass is 10.1. The number of halogens is 2. The molecular formula is C13H12Br2OS. The van der Waals surface area contributed by atoms with Crippen LogP contribution in [0.3, 0.4) is 0 Å². The fourth-order valence-corrected chi connectivity index (χ4v) is 3.88. The van der Waals surface area contributed by atoms with E-state index in [-0.39, 0.29) is 0 Å². The van der Waals surface area contributed by atoms with Crippen LogP contribution in [0.5, 0.6) is 5.75 Å². The molecule has 1 atom stereocenters. The van der Waals surface area contributed by atoms with Gasteiger partial charge >= 0.3 is 0 Å². The molecular weight excluding hydrogens is 364 g/mol. The second-order valence-corrected chi connectivity index (χ2v) is 6.43. The largest absolute Gasteiger partial charge is 0.497 e. The van der Waals surface area contributed by atoms with E-state index >= 15 is 0 Å². The van der Waals surface area contributed by atoms with Crippen LogP contribution < -0.4 is 4.74 Å². The summed E-state index contributed by atoms with van der Waals surface area (Å²) in [6.07, 6.45) is 0.981. The first-order chi connectivity index (χ1) is 8.20. The van der Waals surface area contributed by atoms with E-state index in [4.69, 9.17) is 4.74 Å². The SMILES string of the molecule is COc1ccc(Br)c(C(Br)Cc2ccsc2)c1. The molecule has 1 aromatic carbocycles. The van der Waals surface area contributed by atoms with Crippen LogP contribution in [0.15, 0.2) is 39.5 Å². The number of ether oxygens (including phenoxy) is 1. The maximum atomic E-state index is 5.26. The zero-order valence-electron chi connectivity index (χ0n) is 9.32. The number of hydrogen-bond donors (Lipinski definition) is 0. The molecule has 2 rings (SSSR count). The van der Waals surface area contributed by atoms with E-state index in [0.29, 0.717) is 4.83 Å². The molecule has 0 aliphatic carbocycles. The quantitative estimate of drug-likeness (QED) is 0.667. The zero-order valence-corrected chi connectivity index (χ0v) is 13.3. The molecule has 0 bridgehead atoms. The van der Waals surface area contributed by atoms with Gasteiger partial charge in [-0.2, -0.15) is 11.3 Å². The van der Waals surface area contributed by atoms with Gasteiger partial charge < -0.3 is 4.74 Å². The van der Waals surface area contributed by atoms with E-state index in [1.165, 1.54) is 11.1 Å². The Morgan fingerprint density at radius 1 is 1.35 bits per heavy atom. The summed E-state index contributed by atoms with van der Waals surface area (Å²) >= 11 is 9.05. The first kappa shape index (κ1) is 13.1. The molecule has 0 saturated carbocycles. The van der Waals surface area contributed by atoms with Crippen LogP contribution in [0.25, 0.3) is 0 Å². The molecule has 0 aliphatic heterocycles. The standard InChI is InChI=1S/C13H12Br2OS/c1-16-10-2-3-12(14)11(7-10)13(15)6-9-4-5-17-8-9/h2-5,7-8,13H,6H2,1H3. The highest BCUT2D eigenvalue weighted by Gasteiger charge is 2.13. The Kier molecular flexibility index (Phi) is 4.65. The van der Waals surface area contributed by atoms with Gasteiger partial charge in [-0.1, -0.05) is 31.9 Å². The monoisotopic (exact) mass is 374 g/mol. The summed E-state index contributed by atoms with van der Waals surface area (Å²) in [5.74, 6) is 0.887. The van der Waals surface area contributed by atoms with E-state index < -0.39 is 0 Å². The molecule has 90 valence electrons. The second kappa shape index (κ2) is 6.03. The number of hydrogen-bond acceptors (Lipinski definition) is 2. The predicted molar refractivity (Wildman–Crippen MR) is 80.4 cm³/mol. The Labute approximate surface area is 122 Å². The maximum Gasteiger partial charge on any atom is 0.119 e. The Bertz CT molecular complexity index is 482. The second-order valence-electron chi connectivity index (χ2n) is 3.69. The maximum absolute atomic E-state index is 5.26. The highest BCUT2D eigenvalue weighted by atomic mass is 79.9. The smallest absolute Gasteiger partial charge is 0.119 e. The van der Waals surface area contributed by atoms with Crippen molar-refractivity contribution in [1.29, 1.82) is 0 Å². The predicted octanol–water partition coefficient (Wildman–Crippen LogP) is 5.20. The molecule has 4 heteroatoms. The Morgan fingerprint density at radius 3 is 2.82 bits per heavy atom. The number of benzene rings is 1. The van der Waals surface area contributed by atoms with Crippen LogP contribution in [0.2, 0.25) is 0 Å². The Hall–Kier alpha value is -0.320. The van der Waals surface area contributed by atoms with Crippen molar-refractivity contribution in [2.24, 2.45) is 0 Å². The molecule has 0 fully saturated rings. The van der Waals surface area contributed by atoms with E-state index in [2.05, 4.69) is 54.8 Å². The van der Waals surface area contributed by atoms with E-state index in [1.54, 1.807) is 18.4 Å². The minimum absolute atomic E-state index is 0.293. The molecule has 0 spiro atoms. The number of thiophene rings is 1. The Balaban J connectivity index is 2.20. The summed E-state index contributed by atoms with van der Waals surface area (Å²) in [6, 6.07) is 8.21. The lowest BCUT2D eigenvalue weighted by molar-refractivity contribution is 0.414. The van der Waals surface area contributed by atoms with Crippen LogP contribution >= 0.6 is 43.2 Å². The van der Waals surface area contributed by atoms with Crippen molar-refractivity contribution in [3.05, 3.63) is 50.6 Å². The van der Waals surface area contributed by atoms with Crippen LogP contribution in [-0.4, -0.2) is 7.11 Å². The van der Waals surface area contributed by atoms with E-state index in [1.807, 2.05) is 12.1 Å². The zero-order chi connectivity index (χ0) is 12.3. The van der Waals surface area contributed by atoms with Crippen LogP contribution in [-0.2, 0) is 6.42 Å². The third-order valence-corrected chi connectivity index (χ3v) is 4.81. The first-order valence-corrected chi connectivity index (χ1v) is 7.84. The summed E-state index contributed by atoms with van der Waals surface area (Å²) in [7, 11) is 1.69. The molecule has 1 heterocycles. The van der Waals surface area contributed by atoms with Crippen LogP contribution in [0.4, 0.5) is 0 Å². The summed E-state index contributed by atoms with van der Waals surface area (Å²) in [5, 5.41) is 4.29. The summed E-state index contributed by atoms with van der Waals surface area (Å²) in [5.41, 5.74) is 2.57. The average Bonchev–Trinajstić information content (AvgIpc) is 2.82. The van der Waals surface area contributed by atoms with Gasteiger partial charge in [0, 0.05) is 9.30 Å². The summed E-state index contributed by atoms with van der Waals surface area (Å²) in [6.45, 7) is 0. The van der Waals surface area contributed by atoms with Gasteiger partial charge in [0.25, 0.3) is 0 Å². The lowest BCUT2D eigenvalue weighted by Gasteiger charge is -2.13. The molecule has 1 unspecified atom stereocenters. The normalized spacial score (nSPS) is 12.4. The molecule has 0 saturated heterocycles. The molecule has 17 heavy (non-hydrogen) atoms. The molecule has 1 nitrogen and oxygen atoms in total. The van der Waals surface area contributed by atoms with Gasteiger partial charge in [0.1, 0.15) is 5.75 Å². The van der Waals surface area contributed by atoms with Crippen LogP contribution in [0.1, 0.15) is 16.0 Å². The van der Waals surface area contributed by atoms with Gasteiger partial charge in [-0.25, -0.2) is 0 Å². The van der Waals surface area contributed by atoms with Gasteiger partial charge in [-0.15, -0.1) is 0 Å². The van der Waals surface area contributed by atoms with E-state index in [9.17, 15) is 0 Å². The van der Waals surface area contributed by atoms with Crippen molar-refractivity contribution >= 4 is 43.2 Å². The molecule has 0 aliphatic rings. The summed E-state index contributed by atoms with van der Waals surface area (Å²) in [4.78, 5) is 0.293. The van der Waals surface area contributed by atoms with Gasteiger partial charge in [-0.3, -0.25) is 0 Å². The molecule has 2 aromatic rings. The van der Waals surface area contributed by atoms with E-state index in [0.717, 1.165) is 16.6 Å². The van der Waals surface area contributed by atoms with Gasteiger partial charge in [0.05, 0.1) is 7.11 Å². The fourth-order valence-electron chi connectivity index (χ4n) is 1.61. The van der Waals surface area contributed by atoms with Crippen molar-refractivity contribution in [3.8, 4) is 5.75 Å². The molecule has 0 radical (unpaired) electrons. The van der Waals surface area contributed by atoms with Gasteiger partial charge in [-0.05, 0) is 52.6 Å². The third kappa shape index (κ3) is 3.33. The Morgan fingerprint density at radius 2 is 2.18 bits per heavy atom. The number of methoxy groups -OCH3 is 1. The van der Waals surface area contributed by atoms with Crippen molar-refractivity contribution in [3.63, 3.8) is 0 Å². The third-order valence-electron chi connectivity index (χ3n) is 2.54. The highest BCUT2D eigenvalue weighted by Crippen LogP contribution is 2.35. The molecule has 1 aromatic heterocycles. The summed E-state index contributed by atoms with van der Waals surface area (Å²) < 4.78 is 6.36.